The Labute approximate surface area is 117 Å². The summed E-state index contributed by atoms with van der Waals surface area (Å²) in [6, 6.07) is 5.10. The van der Waals surface area contributed by atoms with Gasteiger partial charge in [0.25, 0.3) is 0 Å². The summed E-state index contributed by atoms with van der Waals surface area (Å²) in [5.74, 6) is -0.303. The largest absolute Gasteiger partial charge is 0.310 e. The Morgan fingerprint density at radius 3 is 2.89 bits per heavy atom. The Morgan fingerprint density at radius 2 is 2.26 bits per heavy atom. The molecule has 0 aliphatic rings. The van der Waals surface area contributed by atoms with Gasteiger partial charge in [0.1, 0.15) is 11.5 Å². The van der Waals surface area contributed by atoms with E-state index in [1.165, 1.54) is 16.9 Å². The van der Waals surface area contributed by atoms with E-state index in [0.717, 1.165) is 18.5 Å². The van der Waals surface area contributed by atoms with E-state index in [1.54, 1.807) is 12.3 Å². The maximum absolute atomic E-state index is 14.1. The van der Waals surface area contributed by atoms with Gasteiger partial charge in [-0.3, -0.25) is 0 Å². The molecule has 102 valence electrons. The van der Waals surface area contributed by atoms with Crippen LogP contribution in [0.5, 0.6) is 0 Å². The number of hydrogen-bond donors (Lipinski definition) is 1. The Bertz CT molecular complexity index is 553. The summed E-state index contributed by atoms with van der Waals surface area (Å²) >= 11 is 5.86. The van der Waals surface area contributed by atoms with Gasteiger partial charge in [0.15, 0.2) is 0 Å². The van der Waals surface area contributed by atoms with E-state index in [-0.39, 0.29) is 11.9 Å². The van der Waals surface area contributed by atoms with Gasteiger partial charge in [-0.15, -0.1) is 0 Å². The maximum Gasteiger partial charge on any atom is 0.149 e. The molecule has 0 aliphatic carbocycles. The Balaban J connectivity index is 2.41. The molecule has 1 unspecified atom stereocenters. The first kappa shape index (κ1) is 14.0. The molecule has 5 heteroatoms. The number of rotatable bonds is 5. The summed E-state index contributed by atoms with van der Waals surface area (Å²) in [5, 5.41) is 7.93. The highest BCUT2D eigenvalue weighted by Crippen LogP contribution is 2.25. The fourth-order valence-corrected chi connectivity index (χ4v) is 2.15. The molecule has 1 atom stereocenters. The lowest BCUT2D eigenvalue weighted by Crippen LogP contribution is -2.21. The molecule has 1 aromatic heterocycles. The van der Waals surface area contributed by atoms with Gasteiger partial charge in [0.2, 0.25) is 0 Å². The molecule has 0 aliphatic heterocycles. The number of aromatic nitrogens is 2. The van der Waals surface area contributed by atoms with Crippen LogP contribution in [0.15, 0.2) is 30.6 Å². The lowest BCUT2D eigenvalue weighted by atomic mass is 10.1. The van der Waals surface area contributed by atoms with E-state index >= 15 is 0 Å². The molecule has 0 bridgehead atoms. The first-order valence-corrected chi connectivity index (χ1v) is 6.73. The summed E-state index contributed by atoms with van der Waals surface area (Å²) < 4.78 is 15.6. The van der Waals surface area contributed by atoms with Crippen molar-refractivity contribution in [2.75, 3.05) is 6.54 Å². The molecule has 2 rings (SSSR count). The summed E-state index contributed by atoms with van der Waals surface area (Å²) in [7, 11) is 0. The topological polar surface area (TPSA) is 29.9 Å². The van der Waals surface area contributed by atoms with Gasteiger partial charge in [-0.05, 0) is 31.5 Å². The number of benzene rings is 1. The zero-order chi connectivity index (χ0) is 13.8. The van der Waals surface area contributed by atoms with Crippen molar-refractivity contribution in [2.45, 2.75) is 26.3 Å². The number of nitrogens with zero attached hydrogens (tertiary/aromatic N) is 2. The van der Waals surface area contributed by atoms with E-state index in [1.807, 2.05) is 13.0 Å². The Morgan fingerprint density at radius 1 is 1.47 bits per heavy atom. The van der Waals surface area contributed by atoms with Crippen LogP contribution in [0.4, 0.5) is 4.39 Å². The second-order valence-electron chi connectivity index (χ2n) is 4.46. The van der Waals surface area contributed by atoms with E-state index in [4.69, 9.17) is 11.6 Å². The molecule has 0 saturated carbocycles. The van der Waals surface area contributed by atoms with Gasteiger partial charge in [-0.2, -0.15) is 5.10 Å². The second kappa shape index (κ2) is 6.17. The Hall–Kier alpha value is -1.39. The lowest BCUT2D eigenvalue weighted by molar-refractivity contribution is 0.553. The highest BCUT2D eigenvalue weighted by atomic mass is 35.5. The predicted octanol–water partition coefficient (Wildman–Crippen LogP) is 3.73. The fourth-order valence-electron chi connectivity index (χ4n) is 2.02. The third kappa shape index (κ3) is 3.14. The minimum absolute atomic E-state index is 0.0497. The number of nitrogens with one attached hydrogen (secondary N) is 1. The molecule has 1 heterocycles. The summed E-state index contributed by atoms with van der Waals surface area (Å²) in [5.41, 5.74) is 1.32. The van der Waals surface area contributed by atoms with Crippen molar-refractivity contribution < 1.29 is 4.39 Å². The van der Waals surface area contributed by atoms with Crippen molar-refractivity contribution in [3.05, 3.63) is 47.0 Å². The highest BCUT2D eigenvalue weighted by molar-refractivity contribution is 6.30. The molecule has 0 amide bonds. The number of hydrogen-bond acceptors (Lipinski definition) is 2. The van der Waals surface area contributed by atoms with Crippen molar-refractivity contribution >= 4 is 11.6 Å². The monoisotopic (exact) mass is 281 g/mol. The van der Waals surface area contributed by atoms with Crippen LogP contribution in [0.25, 0.3) is 5.69 Å². The predicted molar refractivity (Wildman–Crippen MR) is 75.2 cm³/mol. The molecule has 1 aromatic carbocycles. The standard InChI is InChI=1S/C14H17ClFN3/c1-3-7-17-10(2)12-5-4-6-13(16)14(12)19-9-11(15)8-18-19/h4-6,8-10,17H,3,7H2,1-2H3. The minimum Gasteiger partial charge on any atom is -0.310 e. The van der Waals surface area contributed by atoms with Crippen LogP contribution in [0.1, 0.15) is 31.9 Å². The molecule has 19 heavy (non-hydrogen) atoms. The van der Waals surface area contributed by atoms with Crippen molar-refractivity contribution in [1.82, 2.24) is 15.1 Å². The molecule has 0 radical (unpaired) electrons. The second-order valence-corrected chi connectivity index (χ2v) is 4.89. The SMILES string of the molecule is CCCNC(C)c1cccc(F)c1-n1cc(Cl)cn1. The molecule has 3 nitrogen and oxygen atoms in total. The molecule has 0 fully saturated rings. The van der Waals surface area contributed by atoms with Crippen LogP contribution in [0.3, 0.4) is 0 Å². The van der Waals surface area contributed by atoms with Gasteiger partial charge in [0, 0.05) is 12.2 Å². The van der Waals surface area contributed by atoms with Crippen LogP contribution >= 0.6 is 11.6 Å². The average Bonchev–Trinajstić information content (AvgIpc) is 2.82. The van der Waals surface area contributed by atoms with E-state index < -0.39 is 0 Å². The third-order valence-electron chi connectivity index (χ3n) is 2.97. The van der Waals surface area contributed by atoms with E-state index in [9.17, 15) is 4.39 Å². The minimum atomic E-state index is -0.303. The summed E-state index contributed by atoms with van der Waals surface area (Å²) in [6.45, 7) is 5.00. The van der Waals surface area contributed by atoms with Crippen LogP contribution in [-0.4, -0.2) is 16.3 Å². The van der Waals surface area contributed by atoms with Gasteiger partial charge < -0.3 is 5.32 Å². The zero-order valence-electron chi connectivity index (χ0n) is 11.0. The van der Waals surface area contributed by atoms with Crippen LogP contribution < -0.4 is 5.32 Å². The van der Waals surface area contributed by atoms with Gasteiger partial charge in [-0.1, -0.05) is 30.7 Å². The normalized spacial score (nSPS) is 12.6. The lowest BCUT2D eigenvalue weighted by Gasteiger charge is -2.18. The zero-order valence-corrected chi connectivity index (χ0v) is 11.8. The number of halogens is 2. The highest BCUT2D eigenvalue weighted by Gasteiger charge is 2.16. The quantitative estimate of drug-likeness (QED) is 0.905. The molecule has 0 saturated heterocycles. The number of para-hydroxylation sites is 1. The van der Waals surface area contributed by atoms with Crippen molar-refractivity contribution in [1.29, 1.82) is 0 Å². The van der Waals surface area contributed by atoms with Gasteiger partial charge >= 0.3 is 0 Å². The Kier molecular flexibility index (Phi) is 4.56. The average molecular weight is 282 g/mol. The van der Waals surface area contributed by atoms with Gasteiger partial charge in [-0.25, -0.2) is 9.07 Å². The fraction of sp³-hybridized carbons (Fsp3) is 0.357. The van der Waals surface area contributed by atoms with Crippen molar-refractivity contribution in [2.24, 2.45) is 0 Å². The smallest absolute Gasteiger partial charge is 0.149 e. The molecule has 2 aromatic rings. The summed E-state index contributed by atoms with van der Waals surface area (Å²) in [4.78, 5) is 0. The summed E-state index contributed by atoms with van der Waals surface area (Å²) in [6.07, 6.45) is 4.14. The molecular weight excluding hydrogens is 265 g/mol. The molecular formula is C14H17ClFN3. The molecule has 1 N–H and O–H groups in total. The van der Waals surface area contributed by atoms with Crippen LogP contribution in [0.2, 0.25) is 5.02 Å². The van der Waals surface area contributed by atoms with Crippen molar-refractivity contribution in [3.8, 4) is 5.69 Å². The van der Waals surface area contributed by atoms with Gasteiger partial charge in [0.05, 0.1) is 11.2 Å². The van der Waals surface area contributed by atoms with E-state index in [2.05, 4.69) is 17.3 Å². The maximum atomic E-state index is 14.1. The first-order chi connectivity index (χ1) is 9.13. The first-order valence-electron chi connectivity index (χ1n) is 6.35. The van der Waals surface area contributed by atoms with Crippen LogP contribution in [-0.2, 0) is 0 Å². The van der Waals surface area contributed by atoms with Crippen LogP contribution in [0, 0.1) is 5.82 Å². The third-order valence-corrected chi connectivity index (χ3v) is 3.16. The van der Waals surface area contributed by atoms with Crippen molar-refractivity contribution in [3.63, 3.8) is 0 Å². The molecule has 0 spiro atoms. The van der Waals surface area contributed by atoms with E-state index in [0.29, 0.717) is 10.7 Å².